The van der Waals surface area contributed by atoms with E-state index in [9.17, 15) is 18.0 Å². The molecular weight excluding hydrogens is 542 g/mol. The first-order valence-corrected chi connectivity index (χ1v) is 13.8. The smallest absolute Gasteiger partial charge is 0.264 e. The molecule has 3 aromatic carbocycles. The molecule has 0 aromatic heterocycles. The van der Waals surface area contributed by atoms with Crippen LogP contribution in [0.5, 0.6) is 0 Å². The van der Waals surface area contributed by atoms with Gasteiger partial charge in [-0.1, -0.05) is 70.0 Å². The highest BCUT2D eigenvalue weighted by Crippen LogP contribution is 2.27. The molecule has 1 N–H and O–H groups in total. The van der Waals surface area contributed by atoms with Gasteiger partial charge < -0.3 is 10.2 Å². The predicted octanol–water partition coefficient (Wildman–Crippen LogP) is 4.51. The summed E-state index contributed by atoms with van der Waals surface area (Å²) in [4.78, 5) is 27.9. The predicted molar refractivity (Wildman–Crippen MR) is 145 cm³/mol. The van der Waals surface area contributed by atoms with Crippen LogP contribution in [0.15, 0.2) is 88.2 Å². The summed E-state index contributed by atoms with van der Waals surface area (Å²) in [6, 6.07) is 21.7. The molecule has 7 nitrogen and oxygen atoms in total. The topological polar surface area (TPSA) is 86.8 Å². The van der Waals surface area contributed by atoms with Gasteiger partial charge in [-0.05, 0) is 56.7 Å². The van der Waals surface area contributed by atoms with E-state index in [1.807, 2.05) is 37.3 Å². The second kappa shape index (κ2) is 12.2. The van der Waals surface area contributed by atoms with Crippen molar-refractivity contribution < 1.29 is 18.0 Å². The number of carbonyl (C=O) groups is 2. The Morgan fingerprint density at radius 1 is 0.972 bits per heavy atom. The van der Waals surface area contributed by atoms with Gasteiger partial charge in [0.1, 0.15) is 12.6 Å². The fourth-order valence-electron chi connectivity index (χ4n) is 3.68. The van der Waals surface area contributed by atoms with Crippen molar-refractivity contribution in [3.8, 4) is 0 Å². The van der Waals surface area contributed by atoms with Crippen LogP contribution in [0, 0.1) is 6.92 Å². The summed E-state index contributed by atoms with van der Waals surface area (Å²) in [6.07, 6.45) is 0. The number of nitrogens with zero attached hydrogens (tertiary/aromatic N) is 2. The Morgan fingerprint density at radius 3 is 2.25 bits per heavy atom. The summed E-state index contributed by atoms with van der Waals surface area (Å²) in [5.41, 5.74) is 2.09. The number of aryl methyl sites for hydroxylation is 1. The zero-order chi connectivity index (χ0) is 26.3. The summed E-state index contributed by atoms with van der Waals surface area (Å²) in [6.45, 7) is 5.43. The van der Waals surface area contributed by atoms with E-state index in [-0.39, 0.29) is 17.3 Å². The number of hydrogen-bond acceptors (Lipinski definition) is 4. The number of nitrogens with one attached hydrogen (secondary N) is 1. The molecule has 0 bridgehead atoms. The van der Waals surface area contributed by atoms with E-state index >= 15 is 0 Å². The Kier molecular flexibility index (Phi) is 9.28. The number of carbonyl (C=O) groups excluding carboxylic acids is 2. The van der Waals surface area contributed by atoms with E-state index in [1.165, 1.54) is 17.0 Å². The highest BCUT2D eigenvalue weighted by atomic mass is 79.9. The van der Waals surface area contributed by atoms with Crippen LogP contribution < -0.4 is 9.62 Å². The van der Waals surface area contributed by atoms with Crippen molar-refractivity contribution in [1.82, 2.24) is 10.2 Å². The number of sulfonamides is 1. The van der Waals surface area contributed by atoms with Crippen LogP contribution in [0.2, 0.25) is 0 Å². The molecule has 0 radical (unpaired) electrons. The standard InChI is InChI=1S/C27H30BrN3O4S/c1-4-29-27(33)21(3)30(18-22-9-6-5-7-10-22)26(32)19-31(24-12-8-11-23(28)17-24)36(34,35)25-15-13-20(2)14-16-25/h5-17,21H,4,18-19H2,1-3H3,(H,29,33)/t21-/m0/s1. The molecule has 0 fully saturated rings. The van der Waals surface area contributed by atoms with Crippen molar-refractivity contribution in [2.45, 2.75) is 38.3 Å². The van der Waals surface area contributed by atoms with Crippen LogP contribution in [0.4, 0.5) is 5.69 Å². The van der Waals surface area contributed by atoms with E-state index in [2.05, 4.69) is 21.2 Å². The summed E-state index contributed by atoms with van der Waals surface area (Å²) in [7, 11) is -4.08. The molecule has 0 aliphatic heterocycles. The average Bonchev–Trinajstić information content (AvgIpc) is 2.86. The molecule has 0 saturated carbocycles. The number of rotatable bonds is 10. The van der Waals surface area contributed by atoms with Crippen LogP contribution in [0.3, 0.4) is 0 Å². The van der Waals surface area contributed by atoms with Crippen LogP contribution in [0.25, 0.3) is 0 Å². The molecular formula is C27H30BrN3O4S. The van der Waals surface area contributed by atoms with Crippen LogP contribution in [0.1, 0.15) is 25.0 Å². The van der Waals surface area contributed by atoms with Crippen LogP contribution >= 0.6 is 15.9 Å². The molecule has 0 spiro atoms. The minimum atomic E-state index is -4.08. The quantitative estimate of drug-likeness (QED) is 0.388. The normalized spacial score (nSPS) is 12.0. The van der Waals surface area contributed by atoms with Gasteiger partial charge in [0, 0.05) is 17.6 Å². The second-order valence-electron chi connectivity index (χ2n) is 8.38. The average molecular weight is 573 g/mol. The van der Waals surface area contributed by atoms with E-state index in [4.69, 9.17) is 0 Å². The third kappa shape index (κ3) is 6.73. The van der Waals surface area contributed by atoms with Gasteiger partial charge in [-0.2, -0.15) is 0 Å². The van der Waals surface area contributed by atoms with Gasteiger partial charge >= 0.3 is 0 Å². The summed E-state index contributed by atoms with van der Waals surface area (Å²) < 4.78 is 29.2. The first kappa shape index (κ1) is 27.4. The minimum absolute atomic E-state index is 0.0762. The van der Waals surface area contributed by atoms with Crippen molar-refractivity contribution in [2.24, 2.45) is 0 Å². The lowest BCUT2D eigenvalue weighted by Crippen LogP contribution is -2.51. The molecule has 0 unspecified atom stereocenters. The van der Waals surface area contributed by atoms with Crippen molar-refractivity contribution in [3.63, 3.8) is 0 Å². The maximum Gasteiger partial charge on any atom is 0.264 e. The molecule has 2 amide bonds. The first-order valence-electron chi connectivity index (χ1n) is 11.6. The SMILES string of the molecule is CCNC(=O)[C@H](C)N(Cc1ccccc1)C(=O)CN(c1cccc(Br)c1)S(=O)(=O)c1ccc(C)cc1. The summed E-state index contributed by atoms with van der Waals surface area (Å²) in [5, 5.41) is 2.75. The highest BCUT2D eigenvalue weighted by molar-refractivity contribution is 9.10. The van der Waals surface area contributed by atoms with Gasteiger partial charge in [-0.3, -0.25) is 13.9 Å². The zero-order valence-electron chi connectivity index (χ0n) is 20.5. The lowest BCUT2D eigenvalue weighted by atomic mass is 10.1. The molecule has 0 heterocycles. The number of likely N-dealkylation sites (N-methyl/N-ethyl adjacent to an activating group) is 1. The van der Waals surface area contributed by atoms with Crippen LogP contribution in [-0.4, -0.2) is 44.3 Å². The van der Waals surface area contributed by atoms with E-state index in [1.54, 1.807) is 50.2 Å². The van der Waals surface area contributed by atoms with Gasteiger partial charge in [-0.25, -0.2) is 8.42 Å². The Morgan fingerprint density at radius 2 is 1.64 bits per heavy atom. The highest BCUT2D eigenvalue weighted by Gasteiger charge is 2.32. The number of amides is 2. The lowest BCUT2D eigenvalue weighted by Gasteiger charge is -2.32. The first-order chi connectivity index (χ1) is 17.1. The third-order valence-electron chi connectivity index (χ3n) is 5.70. The largest absolute Gasteiger partial charge is 0.355 e. The van der Waals surface area contributed by atoms with Crippen molar-refractivity contribution >= 4 is 43.5 Å². The Balaban J connectivity index is 2.02. The van der Waals surface area contributed by atoms with Crippen molar-refractivity contribution in [2.75, 3.05) is 17.4 Å². The van der Waals surface area contributed by atoms with Crippen molar-refractivity contribution in [3.05, 3.63) is 94.5 Å². The van der Waals surface area contributed by atoms with E-state index < -0.39 is 28.5 Å². The Bertz CT molecular complexity index is 1300. The monoisotopic (exact) mass is 571 g/mol. The number of hydrogen-bond donors (Lipinski definition) is 1. The molecule has 190 valence electrons. The Hall–Kier alpha value is -3.17. The number of halogens is 1. The molecule has 9 heteroatoms. The molecule has 36 heavy (non-hydrogen) atoms. The molecule has 1 atom stereocenters. The maximum absolute atomic E-state index is 13.7. The van der Waals surface area contributed by atoms with E-state index in [0.717, 1.165) is 15.4 Å². The molecule has 3 rings (SSSR count). The zero-order valence-corrected chi connectivity index (χ0v) is 22.9. The van der Waals surface area contributed by atoms with Gasteiger partial charge in [0.2, 0.25) is 11.8 Å². The van der Waals surface area contributed by atoms with Crippen LogP contribution in [-0.2, 0) is 26.2 Å². The summed E-state index contributed by atoms with van der Waals surface area (Å²) >= 11 is 3.39. The second-order valence-corrected chi connectivity index (χ2v) is 11.2. The lowest BCUT2D eigenvalue weighted by molar-refractivity contribution is -0.139. The summed E-state index contributed by atoms with van der Waals surface area (Å²) in [5.74, 6) is -0.801. The third-order valence-corrected chi connectivity index (χ3v) is 7.98. The minimum Gasteiger partial charge on any atom is -0.355 e. The number of anilines is 1. The maximum atomic E-state index is 13.7. The van der Waals surface area contributed by atoms with Gasteiger partial charge in [0.15, 0.2) is 0 Å². The molecule has 3 aromatic rings. The van der Waals surface area contributed by atoms with Gasteiger partial charge in [0.25, 0.3) is 10.0 Å². The molecule has 0 aliphatic rings. The van der Waals surface area contributed by atoms with Gasteiger partial charge in [-0.15, -0.1) is 0 Å². The fraction of sp³-hybridized carbons (Fsp3) is 0.259. The van der Waals surface area contributed by atoms with Crippen molar-refractivity contribution in [1.29, 1.82) is 0 Å². The number of benzene rings is 3. The fourth-order valence-corrected chi connectivity index (χ4v) is 5.48. The Labute approximate surface area is 221 Å². The molecule has 0 aliphatic carbocycles. The van der Waals surface area contributed by atoms with E-state index in [0.29, 0.717) is 16.7 Å². The van der Waals surface area contributed by atoms with Gasteiger partial charge in [0.05, 0.1) is 10.6 Å². The molecule has 0 saturated heterocycles.